The SMILES string of the molecule is COCCOCCCCNc1nccs1. The van der Waals surface area contributed by atoms with E-state index in [1.165, 1.54) is 0 Å². The molecule has 1 aromatic heterocycles. The highest BCUT2D eigenvalue weighted by Crippen LogP contribution is 2.09. The van der Waals surface area contributed by atoms with Gasteiger partial charge in [0.2, 0.25) is 0 Å². The lowest BCUT2D eigenvalue weighted by Crippen LogP contribution is -2.06. The number of thiazole rings is 1. The summed E-state index contributed by atoms with van der Waals surface area (Å²) in [7, 11) is 1.68. The molecule has 4 nitrogen and oxygen atoms in total. The van der Waals surface area contributed by atoms with Gasteiger partial charge in [-0.2, -0.15) is 0 Å². The van der Waals surface area contributed by atoms with Crippen molar-refractivity contribution in [2.75, 3.05) is 38.8 Å². The maximum atomic E-state index is 5.35. The summed E-state index contributed by atoms with van der Waals surface area (Å²) in [5, 5.41) is 6.22. The van der Waals surface area contributed by atoms with Gasteiger partial charge in [0.15, 0.2) is 5.13 Å². The number of nitrogens with one attached hydrogen (secondary N) is 1. The van der Waals surface area contributed by atoms with Crippen molar-refractivity contribution < 1.29 is 9.47 Å². The van der Waals surface area contributed by atoms with Gasteiger partial charge >= 0.3 is 0 Å². The van der Waals surface area contributed by atoms with E-state index < -0.39 is 0 Å². The largest absolute Gasteiger partial charge is 0.382 e. The third-order valence-corrected chi connectivity index (χ3v) is 2.59. The van der Waals surface area contributed by atoms with Gasteiger partial charge in [-0.25, -0.2) is 4.98 Å². The molecule has 0 fully saturated rings. The number of aromatic nitrogens is 1. The Labute approximate surface area is 94.6 Å². The van der Waals surface area contributed by atoms with Crippen LogP contribution in [0.3, 0.4) is 0 Å². The Morgan fingerprint density at radius 2 is 2.27 bits per heavy atom. The third kappa shape index (κ3) is 6.43. The van der Waals surface area contributed by atoms with Crippen LogP contribution in [0.2, 0.25) is 0 Å². The number of unbranched alkanes of at least 4 members (excludes halogenated alkanes) is 1. The fraction of sp³-hybridized carbons (Fsp3) is 0.700. The summed E-state index contributed by atoms with van der Waals surface area (Å²) in [5.74, 6) is 0. The van der Waals surface area contributed by atoms with Crippen molar-refractivity contribution in [3.63, 3.8) is 0 Å². The minimum Gasteiger partial charge on any atom is -0.382 e. The van der Waals surface area contributed by atoms with Gasteiger partial charge in [-0.1, -0.05) is 0 Å². The zero-order valence-electron chi connectivity index (χ0n) is 9.07. The first-order valence-electron chi connectivity index (χ1n) is 5.13. The van der Waals surface area contributed by atoms with E-state index in [2.05, 4.69) is 10.3 Å². The monoisotopic (exact) mass is 230 g/mol. The van der Waals surface area contributed by atoms with Crippen molar-refractivity contribution in [3.8, 4) is 0 Å². The van der Waals surface area contributed by atoms with Gasteiger partial charge in [0.1, 0.15) is 0 Å². The third-order valence-electron chi connectivity index (χ3n) is 1.86. The minimum atomic E-state index is 0.678. The summed E-state index contributed by atoms with van der Waals surface area (Å²) >= 11 is 1.63. The molecule has 0 aliphatic heterocycles. The van der Waals surface area contributed by atoms with E-state index in [-0.39, 0.29) is 0 Å². The summed E-state index contributed by atoms with van der Waals surface area (Å²) in [4.78, 5) is 4.13. The molecule has 0 unspecified atom stereocenters. The fourth-order valence-electron chi connectivity index (χ4n) is 1.08. The number of anilines is 1. The Hall–Kier alpha value is -0.650. The summed E-state index contributed by atoms with van der Waals surface area (Å²) in [6.45, 7) is 3.14. The van der Waals surface area contributed by atoms with Gasteiger partial charge in [0.05, 0.1) is 13.2 Å². The summed E-state index contributed by atoms with van der Waals surface area (Å²) in [6.07, 6.45) is 3.98. The number of methoxy groups -OCH3 is 1. The predicted octanol–water partition coefficient (Wildman–Crippen LogP) is 2.00. The second kappa shape index (κ2) is 8.64. The number of ether oxygens (including phenoxy) is 2. The van der Waals surface area contributed by atoms with Crippen LogP contribution in [0, 0.1) is 0 Å². The van der Waals surface area contributed by atoms with Crippen LogP contribution in [0.4, 0.5) is 5.13 Å². The quantitative estimate of drug-likeness (QED) is 0.659. The average molecular weight is 230 g/mol. The van der Waals surface area contributed by atoms with Crippen LogP contribution in [0.5, 0.6) is 0 Å². The maximum absolute atomic E-state index is 5.35. The van der Waals surface area contributed by atoms with E-state index in [9.17, 15) is 0 Å². The summed E-state index contributed by atoms with van der Waals surface area (Å²) in [6, 6.07) is 0. The van der Waals surface area contributed by atoms with Crippen molar-refractivity contribution in [2.24, 2.45) is 0 Å². The van der Waals surface area contributed by atoms with Crippen LogP contribution < -0.4 is 5.32 Å². The van der Waals surface area contributed by atoms with E-state index in [1.807, 2.05) is 5.38 Å². The lowest BCUT2D eigenvalue weighted by molar-refractivity contribution is 0.0691. The first-order chi connectivity index (χ1) is 7.43. The topological polar surface area (TPSA) is 43.4 Å². The number of nitrogens with zero attached hydrogens (tertiary/aromatic N) is 1. The molecule has 0 radical (unpaired) electrons. The molecule has 1 rings (SSSR count). The Morgan fingerprint density at radius 1 is 1.33 bits per heavy atom. The summed E-state index contributed by atoms with van der Waals surface area (Å²) < 4.78 is 10.2. The lowest BCUT2D eigenvalue weighted by Gasteiger charge is -2.04. The van der Waals surface area contributed by atoms with E-state index in [1.54, 1.807) is 24.6 Å². The van der Waals surface area contributed by atoms with Gasteiger partial charge < -0.3 is 14.8 Å². The number of rotatable bonds is 9. The van der Waals surface area contributed by atoms with Gasteiger partial charge in [-0.15, -0.1) is 11.3 Å². The Kier molecular flexibility index (Phi) is 7.16. The van der Waals surface area contributed by atoms with Crippen LogP contribution in [0.25, 0.3) is 0 Å². The van der Waals surface area contributed by atoms with E-state index >= 15 is 0 Å². The highest BCUT2D eigenvalue weighted by molar-refractivity contribution is 7.13. The lowest BCUT2D eigenvalue weighted by atomic mass is 10.3. The zero-order chi connectivity index (χ0) is 10.8. The molecule has 0 aliphatic carbocycles. The molecule has 0 bridgehead atoms. The predicted molar refractivity (Wildman–Crippen MR) is 62.5 cm³/mol. The zero-order valence-corrected chi connectivity index (χ0v) is 9.89. The number of hydrogen-bond donors (Lipinski definition) is 1. The molecule has 0 amide bonds. The van der Waals surface area contributed by atoms with Crippen molar-refractivity contribution >= 4 is 16.5 Å². The van der Waals surface area contributed by atoms with Crippen molar-refractivity contribution in [1.29, 1.82) is 0 Å². The molecule has 0 atom stereocenters. The normalized spacial score (nSPS) is 10.5. The highest BCUT2D eigenvalue weighted by Gasteiger charge is 1.93. The molecular formula is C10H18N2O2S. The molecule has 0 aliphatic rings. The van der Waals surface area contributed by atoms with Crippen molar-refractivity contribution in [1.82, 2.24) is 4.98 Å². The average Bonchev–Trinajstić information content (AvgIpc) is 2.75. The van der Waals surface area contributed by atoms with Gasteiger partial charge in [0.25, 0.3) is 0 Å². The second-order valence-corrected chi connectivity index (χ2v) is 3.97. The Bertz CT molecular complexity index is 229. The smallest absolute Gasteiger partial charge is 0.182 e. The van der Waals surface area contributed by atoms with Crippen LogP contribution >= 0.6 is 11.3 Å². The van der Waals surface area contributed by atoms with Crippen LogP contribution in [0.1, 0.15) is 12.8 Å². The first kappa shape index (κ1) is 12.4. The molecule has 0 spiro atoms. The van der Waals surface area contributed by atoms with Crippen LogP contribution in [-0.4, -0.2) is 38.5 Å². The number of hydrogen-bond acceptors (Lipinski definition) is 5. The standard InChI is InChI=1S/C10H18N2O2S/c1-13-7-8-14-6-3-2-4-11-10-12-5-9-15-10/h5,9H,2-4,6-8H2,1H3,(H,11,12). The minimum absolute atomic E-state index is 0.678. The highest BCUT2D eigenvalue weighted by atomic mass is 32.1. The van der Waals surface area contributed by atoms with Crippen LogP contribution in [-0.2, 0) is 9.47 Å². The molecule has 15 heavy (non-hydrogen) atoms. The molecule has 5 heteroatoms. The van der Waals surface area contributed by atoms with Crippen LogP contribution in [0.15, 0.2) is 11.6 Å². The van der Waals surface area contributed by atoms with E-state index in [4.69, 9.17) is 9.47 Å². The molecule has 86 valence electrons. The summed E-state index contributed by atoms with van der Waals surface area (Å²) in [5.41, 5.74) is 0. The van der Waals surface area contributed by atoms with E-state index in [0.29, 0.717) is 13.2 Å². The maximum Gasteiger partial charge on any atom is 0.182 e. The van der Waals surface area contributed by atoms with Gasteiger partial charge in [0, 0.05) is 31.8 Å². The Morgan fingerprint density at radius 3 is 3.00 bits per heavy atom. The second-order valence-electron chi connectivity index (χ2n) is 3.08. The van der Waals surface area contributed by atoms with E-state index in [0.717, 1.165) is 31.1 Å². The molecule has 0 aromatic carbocycles. The Balaban J connectivity index is 1.81. The van der Waals surface area contributed by atoms with Crippen molar-refractivity contribution in [3.05, 3.63) is 11.6 Å². The molecule has 1 N–H and O–H groups in total. The molecule has 1 heterocycles. The molecular weight excluding hydrogens is 212 g/mol. The van der Waals surface area contributed by atoms with Gasteiger partial charge in [-0.3, -0.25) is 0 Å². The first-order valence-corrected chi connectivity index (χ1v) is 6.01. The molecule has 1 aromatic rings. The van der Waals surface area contributed by atoms with Gasteiger partial charge in [-0.05, 0) is 12.8 Å². The molecule has 0 saturated carbocycles. The van der Waals surface area contributed by atoms with Crippen molar-refractivity contribution in [2.45, 2.75) is 12.8 Å². The molecule has 0 saturated heterocycles. The fourth-order valence-corrected chi connectivity index (χ4v) is 1.64.